The van der Waals surface area contributed by atoms with E-state index in [1.54, 1.807) is 29.7 Å². The number of aromatic nitrogens is 4. The third-order valence-corrected chi connectivity index (χ3v) is 5.57. The predicted octanol–water partition coefficient (Wildman–Crippen LogP) is 5.38. The third-order valence-electron chi connectivity index (χ3n) is 5.57. The molecular weight excluding hydrogens is 426 g/mol. The SMILES string of the molecule is C=C(/C=C\C=C(C)C)Cn1nc(C)c2c(NC(=O)c3cnc4cc(C(C)O)ccn34)cccc21. The van der Waals surface area contributed by atoms with Crippen molar-refractivity contribution < 1.29 is 9.90 Å². The second-order valence-electron chi connectivity index (χ2n) is 8.67. The van der Waals surface area contributed by atoms with E-state index in [9.17, 15) is 9.90 Å². The van der Waals surface area contributed by atoms with Crippen molar-refractivity contribution in [2.45, 2.75) is 40.3 Å². The lowest BCUT2D eigenvalue weighted by Crippen LogP contribution is -2.14. The molecule has 0 aliphatic rings. The number of pyridine rings is 1. The highest BCUT2D eigenvalue weighted by molar-refractivity contribution is 6.08. The molecule has 4 rings (SSSR count). The number of benzene rings is 1. The number of hydrogen-bond acceptors (Lipinski definition) is 4. The molecule has 1 atom stereocenters. The van der Waals surface area contributed by atoms with Crippen LogP contribution in [0.25, 0.3) is 16.6 Å². The predicted molar refractivity (Wildman–Crippen MR) is 136 cm³/mol. The fourth-order valence-corrected chi connectivity index (χ4v) is 3.88. The smallest absolute Gasteiger partial charge is 0.274 e. The van der Waals surface area contributed by atoms with Gasteiger partial charge in [-0.25, -0.2) is 4.98 Å². The maximum absolute atomic E-state index is 13.1. The summed E-state index contributed by atoms with van der Waals surface area (Å²) in [6, 6.07) is 9.32. The summed E-state index contributed by atoms with van der Waals surface area (Å²) in [5.41, 5.74) is 6.34. The van der Waals surface area contributed by atoms with E-state index in [1.807, 2.05) is 61.9 Å². The van der Waals surface area contributed by atoms with Crippen LogP contribution in [0.1, 0.15) is 48.6 Å². The van der Waals surface area contributed by atoms with E-state index >= 15 is 0 Å². The molecule has 1 aromatic carbocycles. The molecule has 1 amide bonds. The van der Waals surface area contributed by atoms with E-state index < -0.39 is 6.10 Å². The van der Waals surface area contributed by atoms with Crippen LogP contribution in [0.3, 0.4) is 0 Å². The first-order chi connectivity index (χ1) is 16.2. The number of aliphatic hydroxyl groups excluding tert-OH is 1. The molecule has 0 bridgehead atoms. The van der Waals surface area contributed by atoms with Crippen LogP contribution in [0.5, 0.6) is 0 Å². The van der Waals surface area contributed by atoms with Gasteiger partial charge >= 0.3 is 0 Å². The van der Waals surface area contributed by atoms with Gasteiger partial charge in [-0.2, -0.15) is 5.10 Å². The van der Waals surface area contributed by atoms with Crippen LogP contribution in [0.2, 0.25) is 0 Å². The fraction of sp³-hybridized carbons (Fsp3) is 0.222. The summed E-state index contributed by atoms with van der Waals surface area (Å²) in [5.74, 6) is -0.272. The van der Waals surface area contributed by atoms with Crippen LogP contribution in [-0.4, -0.2) is 30.2 Å². The molecule has 0 spiro atoms. The molecule has 0 fully saturated rings. The van der Waals surface area contributed by atoms with Crippen LogP contribution in [-0.2, 0) is 6.54 Å². The molecule has 0 radical (unpaired) electrons. The molecule has 4 aromatic rings. The minimum Gasteiger partial charge on any atom is -0.389 e. The van der Waals surface area contributed by atoms with Gasteiger partial charge in [-0.3, -0.25) is 13.9 Å². The van der Waals surface area contributed by atoms with Crippen molar-refractivity contribution in [3.05, 3.63) is 95.6 Å². The molecule has 3 aromatic heterocycles. The number of carbonyl (C=O) groups excluding carboxylic acids is 1. The van der Waals surface area contributed by atoms with Gasteiger partial charge in [0, 0.05) is 11.6 Å². The lowest BCUT2D eigenvalue weighted by molar-refractivity contribution is 0.102. The molecule has 0 aliphatic heterocycles. The number of imidazole rings is 1. The molecule has 2 N–H and O–H groups in total. The Morgan fingerprint density at radius 1 is 1.29 bits per heavy atom. The zero-order valence-corrected chi connectivity index (χ0v) is 19.9. The summed E-state index contributed by atoms with van der Waals surface area (Å²) in [7, 11) is 0. The van der Waals surface area contributed by atoms with Crippen molar-refractivity contribution in [1.29, 1.82) is 0 Å². The van der Waals surface area contributed by atoms with Crippen LogP contribution >= 0.6 is 0 Å². The van der Waals surface area contributed by atoms with E-state index in [1.165, 1.54) is 11.8 Å². The highest BCUT2D eigenvalue weighted by Crippen LogP contribution is 2.28. The van der Waals surface area contributed by atoms with Gasteiger partial charge in [-0.1, -0.05) is 36.4 Å². The molecule has 7 heteroatoms. The molecule has 0 saturated heterocycles. The number of amides is 1. The van der Waals surface area contributed by atoms with Gasteiger partial charge in [0.05, 0.1) is 35.7 Å². The maximum Gasteiger partial charge on any atom is 0.274 e. The zero-order chi connectivity index (χ0) is 24.4. The van der Waals surface area contributed by atoms with Gasteiger partial charge in [-0.05, 0) is 63.1 Å². The summed E-state index contributed by atoms with van der Waals surface area (Å²) < 4.78 is 3.61. The Labute approximate surface area is 198 Å². The van der Waals surface area contributed by atoms with Crippen molar-refractivity contribution in [3.63, 3.8) is 0 Å². The molecule has 1 unspecified atom stereocenters. The van der Waals surface area contributed by atoms with E-state index in [-0.39, 0.29) is 5.91 Å². The zero-order valence-electron chi connectivity index (χ0n) is 19.9. The molecule has 174 valence electrons. The first-order valence-corrected chi connectivity index (χ1v) is 11.2. The quantitative estimate of drug-likeness (QED) is 0.367. The monoisotopic (exact) mass is 455 g/mol. The maximum atomic E-state index is 13.1. The Balaban J connectivity index is 1.61. The van der Waals surface area contributed by atoms with E-state index in [2.05, 4.69) is 16.9 Å². The van der Waals surface area contributed by atoms with Gasteiger partial charge in [0.25, 0.3) is 5.91 Å². The summed E-state index contributed by atoms with van der Waals surface area (Å²) in [5, 5.41) is 18.4. The Bertz CT molecular complexity index is 1450. The Kier molecular flexibility index (Phi) is 6.47. The summed E-state index contributed by atoms with van der Waals surface area (Å²) in [6.07, 6.45) is 8.69. The van der Waals surface area contributed by atoms with Crippen LogP contribution in [0, 0.1) is 6.92 Å². The second-order valence-corrected chi connectivity index (χ2v) is 8.67. The van der Waals surface area contributed by atoms with Crippen molar-refractivity contribution in [1.82, 2.24) is 19.2 Å². The highest BCUT2D eigenvalue weighted by Gasteiger charge is 2.17. The number of carbonyl (C=O) groups is 1. The first kappa shape index (κ1) is 23.2. The number of aliphatic hydroxyl groups is 1. The molecule has 0 aliphatic carbocycles. The largest absolute Gasteiger partial charge is 0.389 e. The summed E-state index contributed by atoms with van der Waals surface area (Å²) >= 11 is 0. The number of rotatable bonds is 7. The molecule has 7 nitrogen and oxygen atoms in total. The fourth-order valence-electron chi connectivity index (χ4n) is 3.88. The minimum atomic E-state index is -0.602. The molecular formula is C27H29N5O2. The number of fused-ring (bicyclic) bond motifs is 2. The van der Waals surface area contributed by atoms with E-state index in [0.29, 0.717) is 23.6 Å². The number of aryl methyl sites for hydroxylation is 1. The lowest BCUT2D eigenvalue weighted by Gasteiger charge is -2.09. The van der Waals surface area contributed by atoms with Gasteiger partial charge in [-0.15, -0.1) is 0 Å². The number of anilines is 1. The average molecular weight is 456 g/mol. The first-order valence-electron chi connectivity index (χ1n) is 11.2. The summed E-state index contributed by atoms with van der Waals surface area (Å²) in [6.45, 7) is 12.4. The van der Waals surface area contributed by atoms with E-state index in [4.69, 9.17) is 5.10 Å². The van der Waals surface area contributed by atoms with Crippen molar-refractivity contribution >= 4 is 28.1 Å². The number of hydrogen-bond donors (Lipinski definition) is 2. The van der Waals surface area contributed by atoms with Gasteiger partial charge in [0.2, 0.25) is 0 Å². The summed E-state index contributed by atoms with van der Waals surface area (Å²) in [4.78, 5) is 17.5. The molecule has 0 saturated carbocycles. The molecule has 34 heavy (non-hydrogen) atoms. The standard InChI is InChI=1S/C27H29N5O2/c1-17(2)8-6-9-18(3)16-32-23-11-7-10-22(26(23)19(4)30-32)29-27(34)24-15-28-25-14-21(20(5)33)12-13-31(24)25/h6-15,20,33H,3,16H2,1-2,4-5H3,(H,29,34)/b9-6-. The molecule has 3 heterocycles. The van der Waals surface area contributed by atoms with Gasteiger partial charge in [0.15, 0.2) is 0 Å². The normalized spacial score (nSPS) is 12.4. The topological polar surface area (TPSA) is 84.5 Å². The third kappa shape index (κ3) is 4.70. The van der Waals surface area contributed by atoms with Crippen molar-refractivity contribution in [2.24, 2.45) is 0 Å². The number of nitrogens with one attached hydrogen (secondary N) is 1. The van der Waals surface area contributed by atoms with Crippen LogP contribution in [0.4, 0.5) is 5.69 Å². The van der Waals surface area contributed by atoms with Crippen LogP contribution in [0.15, 0.2) is 78.7 Å². The number of nitrogens with zero attached hydrogens (tertiary/aromatic N) is 4. The second kappa shape index (κ2) is 9.49. The highest BCUT2D eigenvalue weighted by atomic mass is 16.3. The Hall–Kier alpha value is -3.97. The number of allylic oxidation sites excluding steroid dienone is 5. The van der Waals surface area contributed by atoms with Crippen molar-refractivity contribution in [3.8, 4) is 0 Å². The van der Waals surface area contributed by atoms with E-state index in [0.717, 1.165) is 27.7 Å². The van der Waals surface area contributed by atoms with Crippen LogP contribution < -0.4 is 5.32 Å². The van der Waals surface area contributed by atoms with Gasteiger partial charge in [0.1, 0.15) is 11.3 Å². The Morgan fingerprint density at radius 3 is 2.82 bits per heavy atom. The lowest BCUT2D eigenvalue weighted by atomic mass is 10.1. The average Bonchev–Trinajstić information content (AvgIpc) is 3.34. The minimum absolute atomic E-state index is 0.272. The van der Waals surface area contributed by atoms with Gasteiger partial charge < -0.3 is 10.4 Å². The van der Waals surface area contributed by atoms with Crippen molar-refractivity contribution in [2.75, 3.05) is 5.32 Å². The Morgan fingerprint density at radius 2 is 2.09 bits per heavy atom.